The van der Waals surface area contributed by atoms with E-state index in [1.165, 1.54) is 18.3 Å². The van der Waals surface area contributed by atoms with Crippen molar-refractivity contribution in [1.29, 1.82) is 0 Å². The highest BCUT2D eigenvalue weighted by Crippen LogP contribution is 2.21. The van der Waals surface area contributed by atoms with E-state index >= 15 is 0 Å². The molecule has 160 valence electrons. The lowest BCUT2D eigenvalue weighted by Crippen LogP contribution is -2.25. The Morgan fingerprint density at radius 3 is 2.53 bits per heavy atom. The van der Waals surface area contributed by atoms with Crippen LogP contribution in [0.1, 0.15) is 23.1 Å². The number of carbonyl (C=O) groups is 1. The molecule has 0 radical (unpaired) electrons. The van der Waals surface area contributed by atoms with Crippen LogP contribution in [0, 0.1) is 5.82 Å². The van der Waals surface area contributed by atoms with Crippen LogP contribution in [0.2, 0.25) is 0 Å². The molecule has 0 bridgehead atoms. The Morgan fingerprint density at radius 2 is 1.78 bits per heavy atom. The van der Waals surface area contributed by atoms with Gasteiger partial charge in [0.25, 0.3) is 5.91 Å². The molecule has 7 nitrogen and oxygen atoms in total. The molecule has 0 saturated carbocycles. The first-order valence-electron chi connectivity index (χ1n) is 10.4. The first kappa shape index (κ1) is 19.7. The van der Waals surface area contributed by atoms with E-state index in [0.717, 1.165) is 23.4 Å². The number of para-hydroxylation sites is 2. The van der Waals surface area contributed by atoms with E-state index in [0.29, 0.717) is 17.1 Å². The van der Waals surface area contributed by atoms with Crippen LogP contribution in [-0.4, -0.2) is 29.8 Å². The van der Waals surface area contributed by atoms with Crippen molar-refractivity contribution in [1.82, 2.24) is 29.2 Å². The Balaban J connectivity index is 1.47. The van der Waals surface area contributed by atoms with E-state index in [4.69, 9.17) is 0 Å². The molecular formula is C24H21FN6O. The van der Waals surface area contributed by atoms with Crippen molar-refractivity contribution in [2.45, 2.75) is 20.0 Å². The standard InChI is InChI=1S/C24H21FN6O/c1-2-30-21-8-4-3-7-20(21)28-22(30)16-26-23(32)19-15-27-31(18-11-9-17(25)10-12-18)24(19)29-13-5-6-14-29/h3-15H,2,16H2,1H3,(H,26,32). The van der Waals surface area contributed by atoms with Crippen molar-refractivity contribution >= 4 is 16.9 Å². The summed E-state index contributed by atoms with van der Waals surface area (Å²) >= 11 is 0. The number of carbonyl (C=O) groups excluding carboxylic acids is 1. The van der Waals surface area contributed by atoms with E-state index in [9.17, 15) is 9.18 Å². The molecule has 0 aliphatic carbocycles. The molecule has 0 aliphatic rings. The van der Waals surface area contributed by atoms with Gasteiger partial charge in [-0.2, -0.15) is 5.10 Å². The molecule has 5 rings (SSSR count). The van der Waals surface area contributed by atoms with Crippen molar-refractivity contribution in [2.75, 3.05) is 0 Å². The number of benzene rings is 2. The number of hydrogen-bond donors (Lipinski definition) is 1. The van der Waals surface area contributed by atoms with Gasteiger partial charge < -0.3 is 14.5 Å². The smallest absolute Gasteiger partial charge is 0.257 e. The molecule has 5 aromatic rings. The second kappa shape index (κ2) is 8.14. The molecular weight excluding hydrogens is 407 g/mol. The number of halogens is 1. The molecule has 32 heavy (non-hydrogen) atoms. The molecule has 3 aromatic heterocycles. The first-order chi connectivity index (χ1) is 15.7. The molecule has 0 unspecified atom stereocenters. The molecule has 0 atom stereocenters. The maximum Gasteiger partial charge on any atom is 0.257 e. The van der Waals surface area contributed by atoms with Gasteiger partial charge in [-0.15, -0.1) is 0 Å². The topological polar surface area (TPSA) is 69.7 Å². The van der Waals surface area contributed by atoms with Crippen molar-refractivity contribution in [3.8, 4) is 11.5 Å². The van der Waals surface area contributed by atoms with Gasteiger partial charge in [0.2, 0.25) is 0 Å². The highest BCUT2D eigenvalue weighted by atomic mass is 19.1. The third-order valence-electron chi connectivity index (χ3n) is 5.37. The van der Waals surface area contributed by atoms with Gasteiger partial charge in [0.1, 0.15) is 17.2 Å². The lowest BCUT2D eigenvalue weighted by atomic mass is 10.2. The predicted octanol–water partition coefficient (Wildman–Crippen LogP) is 4.10. The SMILES string of the molecule is CCn1c(CNC(=O)c2cnn(-c3ccc(F)cc3)c2-n2cccc2)nc2ccccc21. The highest BCUT2D eigenvalue weighted by Gasteiger charge is 2.20. The number of amides is 1. The largest absolute Gasteiger partial charge is 0.345 e. The van der Waals surface area contributed by atoms with Gasteiger partial charge in [-0.1, -0.05) is 12.1 Å². The van der Waals surface area contributed by atoms with E-state index in [-0.39, 0.29) is 18.3 Å². The summed E-state index contributed by atoms with van der Waals surface area (Å²) in [6.45, 7) is 3.09. The fraction of sp³-hybridized carbons (Fsp3) is 0.125. The van der Waals surface area contributed by atoms with Crippen LogP contribution in [0.15, 0.2) is 79.3 Å². The van der Waals surface area contributed by atoms with E-state index in [1.807, 2.05) is 53.4 Å². The number of nitrogens with zero attached hydrogens (tertiary/aromatic N) is 5. The second-order valence-corrected chi connectivity index (χ2v) is 7.30. The quantitative estimate of drug-likeness (QED) is 0.443. The molecule has 3 heterocycles. The van der Waals surface area contributed by atoms with E-state index in [1.54, 1.807) is 16.8 Å². The van der Waals surface area contributed by atoms with Gasteiger partial charge in [-0.3, -0.25) is 4.79 Å². The number of rotatable bonds is 6. The average Bonchev–Trinajstić information content (AvgIpc) is 3.55. The fourth-order valence-corrected chi connectivity index (χ4v) is 3.87. The number of hydrogen-bond acceptors (Lipinski definition) is 3. The highest BCUT2D eigenvalue weighted by molar-refractivity contribution is 5.97. The van der Waals surface area contributed by atoms with Gasteiger partial charge in [0.15, 0.2) is 5.82 Å². The molecule has 8 heteroatoms. The zero-order chi connectivity index (χ0) is 22.1. The molecule has 0 aliphatic heterocycles. The van der Waals surface area contributed by atoms with Crippen LogP contribution in [-0.2, 0) is 13.1 Å². The summed E-state index contributed by atoms with van der Waals surface area (Å²) in [6, 6.07) is 17.6. The predicted molar refractivity (Wildman–Crippen MR) is 119 cm³/mol. The number of nitrogens with one attached hydrogen (secondary N) is 1. The maximum absolute atomic E-state index is 13.4. The van der Waals surface area contributed by atoms with Crippen LogP contribution in [0.4, 0.5) is 4.39 Å². The third kappa shape index (κ3) is 3.45. The summed E-state index contributed by atoms with van der Waals surface area (Å²) < 4.78 is 18.9. The molecule has 2 aromatic carbocycles. The Kier molecular flexibility index (Phi) is 5.03. The average molecular weight is 428 g/mol. The minimum absolute atomic E-state index is 0.267. The van der Waals surface area contributed by atoms with Crippen molar-refractivity contribution in [3.63, 3.8) is 0 Å². The number of aryl methyl sites for hydroxylation is 1. The summed E-state index contributed by atoms with van der Waals surface area (Å²) in [6.07, 6.45) is 5.20. The summed E-state index contributed by atoms with van der Waals surface area (Å²) in [5.41, 5.74) is 3.00. The molecule has 1 N–H and O–H groups in total. The first-order valence-corrected chi connectivity index (χ1v) is 10.4. The number of fused-ring (bicyclic) bond motifs is 1. The maximum atomic E-state index is 13.4. The summed E-state index contributed by atoms with van der Waals surface area (Å²) in [4.78, 5) is 17.8. The zero-order valence-corrected chi connectivity index (χ0v) is 17.4. The van der Waals surface area contributed by atoms with Crippen molar-refractivity contribution < 1.29 is 9.18 Å². The lowest BCUT2D eigenvalue weighted by molar-refractivity contribution is 0.0949. The van der Waals surface area contributed by atoms with Gasteiger partial charge in [-0.25, -0.2) is 14.1 Å². The van der Waals surface area contributed by atoms with Crippen molar-refractivity contribution in [3.05, 3.63) is 96.5 Å². The van der Waals surface area contributed by atoms with Gasteiger partial charge in [-0.05, 0) is 55.5 Å². The van der Waals surface area contributed by atoms with Gasteiger partial charge >= 0.3 is 0 Å². The Hall–Kier alpha value is -4.20. The second-order valence-electron chi connectivity index (χ2n) is 7.30. The van der Waals surface area contributed by atoms with E-state index in [2.05, 4.69) is 26.9 Å². The molecule has 0 spiro atoms. The Labute approximate surface area is 183 Å². The summed E-state index contributed by atoms with van der Waals surface area (Å²) in [7, 11) is 0. The summed E-state index contributed by atoms with van der Waals surface area (Å²) in [5, 5.41) is 7.39. The van der Waals surface area contributed by atoms with Crippen LogP contribution in [0.25, 0.3) is 22.5 Å². The Morgan fingerprint density at radius 1 is 1.03 bits per heavy atom. The minimum atomic E-state index is -0.333. The minimum Gasteiger partial charge on any atom is -0.345 e. The van der Waals surface area contributed by atoms with Gasteiger partial charge in [0.05, 0.1) is 29.5 Å². The van der Waals surface area contributed by atoms with Crippen LogP contribution in [0.5, 0.6) is 0 Å². The molecule has 0 fully saturated rings. The van der Waals surface area contributed by atoms with E-state index < -0.39 is 0 Å². The van der Waals surface area contributed by atoms with Crippen LogP contribution in [0.3, 0.4) is 0 Å². The molecule has 0 saturated heterocycles. The Bertz CT molecular complexity index is 1380. The number of imidazole rings is 1. The van der Waals surface area contributed by atoms with Gasteiger partial charge in [0, 0.05) is 18.9 Å². The monoisotopic (exact) mass is 428 g/mol. The normalized spacial score (nSPS) is 11.2. The zero-order valence-electron chi connectivity index (χ0n) is 17.4. The van der Waals surface area contributed by atoms with Crippen molar-refractivity contribution in [2.24, 2.45) is 0 Å². The fourth-order valence-electron chi connectivity index (χ4n) is 3.87. The molecule has 1 amide bonds. The lowest BCUT2D eigenvalue weighted by Gasteiger charge is -2.12. The van der Waals surface area contributed by atoms with Crippen LogP contribution < -0.4 is 5.32 Å². The van der Waals surface area contributed by atoms with Crippen LogP contribution >= 0.6 is 0 Å². The third-order valence-corrected chi connectivity index (χ3v) is 5.37. The number of aromatic nitrogens is 5. The summed E-state index contributed by atoms with van der Waals surface area (Å²) in [5.74, 6) is 0.760.